The lowest BCUT2D eigenvalue weighted by Gasteiger charge is -2.26. The van der Waals surface area contributed by atoms with Crippen molar-refractivity contribution in [3.05, 3.63) is 69.5 Å². The molecule has 0 aliphatic heterocycles. The molecular weight excluding hydrogens is 311 g/mol. The summed E-state index contributed by atoms with van der Waals surface area (Å²) in [6, 6.07) is 8.09. The van der Waals surface area contributed by atoms with Crippen molar-refractivity contribution in [2.75, 3.05) is 0 Å². The second-order valence-corrected chi connectivity index (χ2v) is 6.34. The van der Waals surface area contributed by atoms with Crippen molar-refractivity contribution >= 4 is 0 Å². The van der Waals surface area contributed by atoms with Crippen LogP contribution in [0.2, 0.25) is 0 Å². The first-order valence-electron chi connectivity index (χ1n) is 8.23. The molecule has 3 rings (SSSR count). The molecule has 0 aromatic heterocycles. The smallest absolute Gasteiger partial charge is 0.147 e. The molecule has 1 nitrogen and oxygen atoms in total. The number of halogens is 3. The molecule has 2 aromatic rings. The van der Waals surface area contributed by atoms with Gasteiger partial charge in [0.25, 0.3) is 0 Å². The predicted molar refractivity (Wildman–Crippen MR) is 86.2 cm³/mol. The molecule has 0 fully saturated rings. The standard InChI is InChI=1S/C20H18F3N/c1-2-3-12-4-6-15(18(21)8-12)13-5-7-16-14(9-13)10-19(22)17(11-24)20(16)23/h4,6,8,10,13H,2-3,5,7,9H2,1H3. The van der Waals surface area contributed by atoms with Crippen LogP contribution in [0.15, 0.2) is 24.3 Å². The Labute approximate surface area is 139 Å². The van der Waals surface area contributed by atoms with Crippen molar-refractivity contribution in [1.29, 1.82) is 5.26 Å². The Bertz CT molecular complexity index is 821. The normalized spacial score (nSPS) is 16.5. The number of hydrogen-bond acceptors (Lipinski definition) is 1. The van der Waals surface area contributed by atoms with Gasteiger partial charge in [0.05, 0.1) is 0 Å². The summed E-state index contributed by atoms with van der Waals surface area (Å²) in [5, 5.41) is 8.86. The molecule has 124 valence electrons. The number of aryl methyl sites for hydroxylation is 1. The molecule has 0 saturated carbocycles. The summed E-state index contributed by atoms with van der Waals surface area (Å²) in [6.45, 7) is 2.04. The number of fused-ring (bicyclic) bond motifs is 1. The summed E-state index contributed by atoms with van der Waals surface area (Å²) in [4.78, 5) is 0. The number of nitriles is 1. The van der Waals surface area contributed by atoms with Gasteiger partial charge < -0.3 is 0 Å². The van der Waals surface area contributed by atoms with Gasteiger partial charge in [-0.2, -0.15) is 5.26 Å². The van der Waals surface area contributed by atoms with Crippen LogP contribution < -0.4 is 0 Å². The highest BCUT2D eigenvalue weighted by Gasteiger charge is 2.27. The van der Waals surface area contributed by atoms with E-state index in [9.17, 15) is 13.2 Å². The molecule has 1 aliphatic carbocycles. The van der Waals surface area contributed by atoms with Gasteiger partial charge in [-0.1, -0.05) is 25.5 Å². The van der Waals surface area contributed by atoms with Crippen LogP contribution in [0.25, 0.3) is 0 Å². The highest BCUT2D eigenvalue weighted by atomic mass is 19.1. The Morgan fingerprint density at radius 3 is 2.62 bits per heavy atom. The van der Waals surface area contributed by atoms with Crippen molar-refractivity contribution in [1.82, 2.24) is 0 Å². The van der Waals surface area contributed by atoms with Gasteiger partial charge in [0, 0.05) is 0 Å². The van der Waals surface area contributed by atoms with Gasteiger partial charge in [-0.15, -0.1) is 0 Å². The van der Waals surface area contributed by atoms with E-state index in [0.29, 0.717) is 36.0 Å². The molecule has 2 aromatic carbocycles. The molecule has 1 atom stereocenters. The Morgan fingerprint density at radius 1 is 1.17 bits per heavy atom. The van der Waals surface area contributed by atoms with E-state index in [-0.39, 0.29) is 11.7 Å². The quantitative estimate of drug-likeness (QED) is 0.759. The number of nitrogens with zero attached hydrogens (tertiary/aromatic N) is 1. The molecular formula is C20H18F3N. The van der Waals surface area contributed by atoms with Crippen molar-refractivity contribution in [3.63, 3.8) is 0 Å². The minimum atomic E-state index is -0.840. The van der Waals surface area contributed by atoms with Crippen LogP contribution in [0.3, 0.4) is 0 Å². The topological polar surface area (TPSA) is 23.8 Å². The predicted octanol–water partition coefficient (Wildman–Crippen LogP) is 5.20. The third kappa shape index (κ3) is 2.91. The third-order valence-corrected chi connectivity index (χ3v) is 4.78. The summed E-state index contributed by atoms with van der Waals surface area (Å²) < 4.78 is 42.5. The number of hydrogen-bond donors (Lipinski definition) is 0. The average Bonchev–Trinajstić information content (AvgIpc) is 2.55. The van der Waals surface area contributed by atoms with E-state index in [1.807, 2.05) is 13.0 Å². The van der Waals surface area contributed by atoms with E-state index in [2.05, 4.69) is 0 Å². The maximum atomic E-state index is 14.4. The summed E-state index contributed by atoms with van der Waals surface area (Å²) >= 11 is 0. The molecule has 1 aliphatic rings. The minimum absolute atomic E-state index is 0.0973. The highest BCUT2D eigenvalue weighted by molar-refractivity contribution is 5.44. The zero-order chi connectivity index (χ0) is 17.3. The second kappa shape index (κ2) is 6.68. The Morgan fingerprint density at radius 2 is 1.96 bits per heavy atom. The SMILES string of the molecule is CCCc1ccc(C2CCc3c(cc(F)c(C#N)c3F)C2)c(F)c1. The largest absolute Gasteiger partial charge is 0.207 e. The lowest BCUT2D eigenvalue weighted by molar-refractivity contribution is 0.502. The van der Waals surface area contributed by atoms with E-state index in [1.54, 1.807) is 18.2 Å². The average molecular weight is 329 g/mol. The van der Waals surface area contributed by atoms with E-state index in [0.717, 1.165) is 18.4 Å². The van der Waals surface area contributed by atoms with Crippen LogP contribution in [-0.2, 0) is 19.3 Å². The maximum Gasteiger partial charge on any atom is 0.147 e. The lowest BCUT2D eigenvalue weighted by Crippen LogP contribution is -2.17. The van der Waals surface area contributed by atoms with Gasteiger partial charge in [-0.25, -0.2) is 13.2 Å². The molecule has 0 bridgehead atoms. The highest BCUT2D eigenvalue weighted by Crippen LogP contribution is 2.36. The van der Waals surface area contributed by atoms with Gasteiger partial charge in [-0.3, -0.25) is 0 Å². The van der Waals surface area contributed by atoms with Gasteiger partial charge in [-0.05, 0) is 66.0 Å². The second-order valence-electron chi connectivity index (χ2n) is 6.34. The summed E-state index contributed by atoms with van der Waals surface area (Å²) in [6.07, 6.45) is 3.15. The Hall–Kier alpha value is -2.28. The first kappa shape index (κ1) is 16.6. The lowest BCUT2D eigenvalue weighted by atomic mass is 9.79. The fourth-order valence-electron chi connectivity index (χ4n) is 3.56. The van der Waals surface area contributed by atoms with Crippen molar-refractivity contribution in [3.8, 4) is 6.07 Å². The Balaban J connectivity index is 1.92. The van der Waals surface area contributed by atoms with Crippen molar-refractivity contribution in [2.24, 2.45) is 0 Å². The van der Waals surface area contributed by atoms with Gasteiger partial charge >= 0.3 is 0 Å². The monoisotopic (exact) mass is 329 g/mol. The fourth-order valence-corrected chi connectivity index (χ4v) is 3.56. The van der Waals surface area contributed by atoms with Crippen LogP contribution in [0.1, 0.15) is 53.5 Å². The van der Waals surface area contributed by atoms with Crippen LogP contribution >= 0.6 is 0 Å². The molecule has 0 saturated heterocycles. The van der Waals surface area contributed by atoms with Crippen LogP contribution in [0, 0.1) is 28.8 Å². The molecule has 0 N–H and O–H groups in total. The van der Waals surface area contributed by atoms with Crippen LogP contribution in [0.4, 0.5) is 13.2 Å². The zero-order valence-corrected chi connectivity index (χ0v) is 13.5. The van der Waals surface area contributed by atoms with Gasteiger partial charge in [0.15, 0.2) is 0 Å². The van der Waals surface area contributed by atoms with E-state index < -0.39 is 17.2 Å². The summed E-state index contributed by atoms with van der Waals surface area (Å²) in [5.74, 6) is -1.94. The van der Waals surface area contributed by atoms with E-state index >= 15 is 0 Å². The summed E-state index contributed by atoms with van der Waals surface area (Å²) in [7, 11) is 0. The molecule has 4 heteroatoms. The van der Waals surface area contributed by atoms with Gasteiger partial charge in [0.2, 0.25) is 0 Å². The molecule has 0 heterocycles. The van der Waals surface area contributed by atoms with Crippen LogP contribution in [0.5, 0.6) is 0 Å². The Kier molecular flexibility index (Phi) is 4.62. The number of benzene rings is 2. The third-order valence-electron chi connectivity index (χ3n) is 4.78. The zero-order valence-electron chi connectivity index (χ0n) is 13.5. The van der Waals surface area contributed by atoms with Crippen molar-refractivity contribution < 1.29 is 13.2 Å². The molecule has 24 heavy (non-hydrogen) atoms. The molecule has 0 amide bonds. The maximum absolute atomic E-state index is 14.4. The first-order chi connectivity index (χ1) is 11.5. The molecule has 1 unspecified atom stereocenters. The van der Waals surface area contributed by atoms with Crippen molar-refractivity contribution in [2.45, 2.75) is 44.9 Å². The fraction of sp³-hybridized carbons (Fsp3) is 0.350. The summed E-state index contributed by atoms with van der Waals surface area (Å²) in [5.41, 5.74) is 1.98. The molecule has 0 spiro atoms. The first-order valence-corrected chi connectivity index (χ1v) is 8.23. The van der Waals surface area contributed by atoms with E-state index in [4.69, 9.17) is 5.26 Å². The minimum Gasteiger partial charge on any atom is -0.207 e. The number of rotatable bonds is 3. The molecule has 0 radical (unpaired) electrons. The van der Waals surface area contributed by atoms with Gasteiger partial charge in [0.1, 0.15) is 29.1 Å². The van der Waals surface area contributed by atoms with Crippen LogP contribution in [-0.4, -0.2) is 0 Å². The van der Waals surface area contributed by atoms with E-state index in [1.165, 1.54) is 6.07 Å².